The predicted molar refractivity (Wildman–Crippen MR) is 148 cm³/mol. The lowest BCUT2D eigenvalue weighted by molar-refractivity contribution is -0.135. The van der Waals surface area contributed by atoms with E-state index in [1.54, 1.807) is 18.9 Å². The van der Waals surface area contributed by atoms with Crippen molar-refractivity contribution in [1.82, 2.24) is 15.1 Å². The molecule has 0 bridgehead atoms. The second kappa shape index (κ2) is 18.9. The van der Waals surface area contributed by atoms with Gasteiger partial charge in [-0.2, -0.15) is 0 Å². The number of amides is 3. The Bertz CT molecular complexity index is 613. The molecule has 0 aromatic heterocycles. The van der Waals surface area contributed by atoms with E-state index in [1.165, 1.54) is 11.8 Å². The second-order valence-electron chi connectivity index (χ2n) is 9.89. The SMILES string of the molecule is CCC(C)C(C(CC)OC)N(C)C(=O)CNC(=O)N(CCCCCCSC(C)=O)C(CC)C(C)C. The minimum Gasteiger partial charge on any atom is -0.379 e. The highest BCUT2D eigenvalue weighted by molar-refractivity contribution is 8.13. The average Bonchev–Trinajstić information content (AvgIpc) is 2.82. The van der Waals surface area contributed by atoms with E-state index in [1.807, 2.05) is 11.9 Å². The molecule has 0 spiro atoms. The van der Waals surface area contributed by atoms with Crippen LogP contribution in [-0.2, 0) is 14.3 Å². The van der Waals surface area contributed by atoms with Crippen LogP contribution in [0.25, 0.3) is 0 Å². The first kappa shape index (κ1) is 33.7. The quantitative estimate of drug-likeness (QED) is 0.241. The number of carbonyl (C=O) groups excluding carboxylic acids is 3. The van der Waals surface area contributed by atoms with Crippen molar-refractivity contribution in [2.75, 3.05) is 33.0 Å². The van der Waals surface area contributed by atoms with Crippen LogP contribution in [0.2, 0.25) is 0 Å². The maximum atomic E-state index is 13.2. The van der Waals surface area contributed by atoms with E-state index >= 15 is 0 Å². The number of methoxy groups -OCH3 is 1. The molecule has 206 valence electrons. The molecular formula is C27H53N3O4S. The van der Waals surface area contributed by atoms with E-state index in [2.05, 4.69) is 46.9 Å². The zero-order valence-electron chi connectivity index (χ0n) is 23.9. The third-order valence-corrected chi connectivity index (χ3v) is 7.89. The van der Waals surface area contributed by atoms with Crippen molar-refractivity contribution < 1.29 is 19.1 Å². The van der Waals surface area contributed by atoms with Gasteiger partial charge in [0.2, 0.25) is 5.91 Å². The summed E-state index contributed by atoms with van der Waals surface area (Å²) < 4.78 is 5.68. The van der Waals surface area contributed by atoms with Crippen LogP contribution in [0, 0.1) is 11.8 Å². The molecule has 8 heteroatoms. The van der Waals surface area contributed by atoms with E-state index in [0.717, 1.165) is 50.7 Å². The first-order valence-electron chi connectivity index (χ1n) is 13.5. The molecule has 1 N–H and O–H groups in total. The normalized spacial score (nSPS) is 14.8. The zero-order valence-corrected chi connectivity index (χ0v) is 24.7. The van der Waals surface area contributed by atoms with E-state index in [0.29, 0.717) is 18.4 Å². The number of nitrogens with zero attached hydrogens (tertiary/aromatic N) is 2. The van der Waals surface area contributed by atoms with Crippen LogP contribution in [0.1, 0.15) is 93.4 Å². The molecule has 0 aromatic rings. The molecule has 0 saturated heterocycles. The number of hydrogen-bond acceptors (Lipinski definition) is 5. The number of urea groups is 1. The van der Waals surface area contributed by atoms with Crippen molar-refractivity contribution in [2.24, 2.45) is 11.8 Å². The Morgan fingerprint density at radius 1 is 0.943 bits per heavy atom. The molecular weight excluding hydrogens is 462 g/mol. The van der Waals surface area contributed by atoms with E-state index in [-0.39, 0.29) is 41.8 Å². The summed E-state index contributed by atoms with van der Waals surface area (Å²) in [6, 6.07) is -0.0732. The van der Waals surface area contributed by atoms with E-state index in [4.69, 9.17) is 4.74 Å². The number of ether oxygens (including phenoxy) is 1. The number of nitrogens with one attached hydrogen (secondary N) is 1. The largest absolute Gasteiger partial charge is 0.379 e. The molecule has 0 aliphatic heterocycles. The molecule has 4 atom stereocenters. The third kappa shape index (κ3) is 12.5. The maximum absolute atomic E-state index is 13.2. The molecule has 35 heavy (non-hydrogen) atoms. The lowest BCUT2D eigenvalue weighted by Crippen LogP contribution is -2.54. The average molecular weight is 516 g/mol. The van der Waals surface area contributed by atoms with E-state index < -0.39 is 0 Å². The van der Waals surface area contributed by atoms with Gasteiger partial charge in [-0.1, -0.05) is 72.6 Å². The third-order valence-electron chi connectivity index (χ3n) is 6.99. The number of carbonyl (C=O) groups is 3. The lowest BCUT2D eigenvalue weighted by atomic mass is 9.91. The van der Waals surface area contributed by atoms with Crippen LogP contribution in [-0.4, -0.2) is 78.0 Å². The summed E-state index contributed by atoms with van der Waals surface area (Å²) in [6.45, 7) is 15.0. The second-order valence-corrected chi connectivity index (χ2v) is 11.2. The Morgan fingerprint density at radius 3 is 2.06 bits per heavy atom. The molecule has 0 aliphatic carbocycles. The monoisotopic (exact) mass is 515 g/mol. The van der Waals surface area contributed by atoms with Gasteiger partial charge in [0.05, 0.1) is 18.7 Å². The van der Waals surface area contributed by atoms with Gasteiger partial charge in [0.15, 0.2) is 5.12 Å². The standard InChI is InChI=1S/C27H53N3O4S/c1-10-21(6)26(24(12-3)34-9)29(8)25(32)19-28-27(33)30(23(11-2)20(4)5)17-15-13-14-16-18-35-22(7)31/h20-21,23-24,26H,10-19H2,1-9H3,(H,28,33). The van der Waals surface area contributed by atoms with Crippen molar-refractivity contribution in [1.29, 1.82) is 0 Å². The molecule has 0 aromatic carbocycles. The van der Waals surface area contributed by atoms with Crippen LogP contribution in [0.5, 0.6) is 0 Å². The van der Waals surface area contributed by atoms with Crippen molar-refractivity contribution in [2.45, 2.75) is 112 Å². The minimum atomic E-state index is -0.168. The Kier molecular flexibility index (Phi) is 18.2. The number of likely N-dealkylation sites (N-methyl/N-ethyl adjacent to an activating group) is 1. The van der Waals surface area contributed by atoms with Crippen LogP contribution in [0.4, 0.5) is 4.79 Å². The van der Waals surface area contributed by atoms with Gasteiger partial charge in [0, 0.05) is 39.4 Å². The summed E-state index contributed by atoms with van der Waals surface area (Å²) in [4.78, 5) is 41.0. The molecule has 3 amide bonds. The number of unbranched alkanes of at least 4 members (excludes halogenated alkanes) is 3. The van der Waals surface area contributed by atoms with Crippen LogP contribution >= 0.6 is 11.8 Å². The summed E-state index contributed by atoms with van der Waals surface area (Å²) in [6.07, 6.45) is 6.59. The topological polar surface area (TPSA) is 79.0 Å². The number of thioether (sulfide) groups is 1. The fourth-order valence-corrected chi connectivity index (χ4v) is 5.39. The van der Waals surface area contributed by atoms with Gasteiger partial charge >= 0.3 is 6.03 Å². The van der Waals surface area contributed by atoms with Gasteiger partial charge in [0.1, 0.15) is 0 Å². The molecule has 4 unspecified atom stereocenters. The fourth-order valence-electron chi connectivity index (χ4n) is 4.75. The molecule has 0 saturated carbocycles. The highest BCUT2D eigenvalue weighted by Crippen LogP contribution is 2.21. The van der Waals surface area contributed by atoms with Crippen molar-refractivity contribution in [3.63, 3.8) is 0 Å². The van der Waals surface area contributed by atoms with Crippen LogP contribution in [0.15, 0.2) is 0 Å². The summed E-state index contributed by atoms with van der Waals surface area (Å²) in [5.41, 5.74) is 0. The summed E-state index contributed by atoms with van der Waals surface area (Å²) in [5.74, 6) is 1.39. The van der Waals surface area contributed by atoms with Gasteiger partial charge < -0.3 is 19.9 Å². The lowest BCUT2D eigenvalue weighted by Gasteiger charge is -2.38. The first-order valence-corrected chi connectivity index (χ1v) is 14.5. The molecule has 0 rings (SSSR count). The highest BCUT2D eigenvalue weighted by Gasteiger charge is 2.32. The van der Waals surface area contributed by atoms with Crippen LogP contribution in [0.3, 0.4) is 0 Å². The van der Waals surface area contributed by atoms with Gasteiger partial charge in [-0.3, -0.25) is 9.59 Å². The summed E-state index contributed by atoms with van der Waals surface area (Å²) >= 11 is 1.38. The Hall–Kier alpha value is -1.28. The predicted octanol–water partition coefficient (Wildman–Crippen LogP) is 5.57. The summed E-state index contributed by atoms with van der Waals surface area (Å²) in [7, 11) is 3.51. The van der Waals surface area contributed by atoms with Crippen molar-refractivity contribution in [3.8, 4) is 0 Å². The van der Waals surface area contributed by atoms with Gasteiger partial charge in [-0.05, 0) is 37.5 Å². The fraction of sp³-hybridized carbons (Fsp3) is 0.889. The van der Waals surface area contributed by atoms with E-state index in [9.17, 15) is 14.4 Å². The summed E-state index contributed by atoms with van der Waals surface area (Å²) in [5, 5.41) is 3.07. The molecule has 0 heterocycles. The Morgan fingerprint density at radius 2 is 1.57 bits per heavy atom. The first-order chi connectivity index (χ1) is 16.5. The van der Waals surface area contributed by atoms with Gasteiger partial charge in [0.25, 0.3) is 0 Å². The van der Waals surface area contributed by atoms with Crippen molar-refractivity contribution >= 4 is 28.8 Å². The van der Waals surface area contributed by atoms with Crippen molar-refractivity contribution in [3.05, 3.63) is 0 Å². The Balaban J connectivity index is 5.07. The minimum absolute atomic E-state index is 0.0181. The van der Waals surface area contributed by atoms with Crippen LogP contribution < -0.4 is 5.32 Å². The van der Waals surface area contributed by atoms with Gasteiger partial charge in [-0.25, -0.2) is 4.79 Å². The molecule has 0 fully saturated rings. The molecule has 0 aliphatic rings. The number of rotatable bonds is 18. The molecule has 7 nitrogen and oxygen atoms in total. The Labute approximate surface area is 219 Å². The smallest absolute Gasteiger partial charge is 0.318 e. The molecule has 0 radical (unpaired) electrons. The van der Waals surface area contributed by atoms with Gasteiger partial charge in [-0.15, -0.1) is 0 Å². The number of hydrogen-bond donors (Lipinski definition) is 1. The maximum Gasteiger partial charge on any atom is 0.318 e. The zero-order chi connectivity index (χ0) is 27.0. The highest BCUT2D eigenvalue weighted by atomic mass is 32.2.